The summed E-state index contributed by atoms with van der Waals surface area (Å²) in [5.74, 6) is 0. The van der Waals surface area contributed by atoms with Crippen molar-refractivity contribution in [2.24, 2.45) is 10.8 Å². The van der Waals surface area contributed by atoms with Gasteiger partial charge in [-0.05, 0) is 55.2 Å². The highest BCUT2D eigenvalue weighted by Gasteiger charge is 2.13. The van der Waals surface area contributed by atoms with Crippen LogP contribution in [0.25, 0.3) is 0 Å². The Bertz CT molecular complexity index is 464. The zero-order valence-corrected chi connectivity index (χ0v) is 11.3. The monoisotopic (exact) mass is 262 g/mol. The molecule has 0 radical (unpaired) electrons. The zero-order chi connectivity index (χ0) is 13.0. The summed E-state index contributed by atoms with van der Waals surface area (Å²) in [6.07, 6.45) is 4.31. The van der Waals surface area contributed by atoms with E-state index in [0.29, 0.717) is 0 Å². The highest BCUT2D eigenvalue weighted by atomic mass is 32.1. The molecule has 5 heteroatoms. The van der Waals surface area contributed by atoms with Gasteiger partial charge >= 0.3 is 0 Å². The van der Waals surface area contributed by atoms with E-state index < -0.39 is 0 Å². The molecule has 2 rings (SSSR count). The van der Waals surface area contributed by atoms with Gasteiger partial charge in [-0.2, -0.15) is 5.10 Å². The van der Waals surface area contributed by atoms with E-state index in [4.69, 9.17) is 5.73 Å². The highest BCUT2D eigenvalue weighted by molar-refractivity contribution is 7.80. The first kappa shape index (κ1) is 12.8. The number of aryl methyl sites for hydroxylation is 1. The number of hydrazone groups is 1. The fourth-order valence-corrected chi connectivity index (χ4v) is 2.29. The largest absolute Gasteiger partial charge is 0.375 e. The van der Waals surface area contributed by atoms with Crippen LogP contribution in [0.2, 0.25) is 0 Å². The summed E-state index contributed by atoms with van der Waals surface area (Å²) in [7, 11) is 0. The number of nitrogens with zero attached hydrogens (tertiary/aromatic N) is 2. The fraction of sp³-hybridized carbons (Fsp3) is 0.385. The van der Waals surface area contributed by atoms with Crippen molar-refractivity contribution in [1.29, 1.82) is 0 Å². The molecule has 1 aliphatic heterocycles. The van der Waals surface area contributed by atoms with Crippen LogP contribution in [-0.2, 0) is 0 Å². The van der Waals surface area contributed by atoms with Crippen molar-refractivity contribution in [3.05, 3.63) is 29.3 Å². The number of nitrogens with two attached hydrogens (primary N) is 1. The predicted octanol–water partition coefficient (Wildman–Crippen LogP) is 1.76. The molecule has 0 unspecified atom stereocenters. The molecule has 1 heterocycles. The van der Waals surface area contributed by atoms with E-state index in [-0.39, 0.29) is 5.11 Å². The van der Waals surface area contributed by atoms with Crippen LogP contribution in [-0.4, -0.2) is 24.4 Å². The van der Waals surface area contributed by atoms with Crippen LogP contribution < -0.4 is 16.1 Å². The summed E-state index contributed by atoms with van der Waals surface area (Å²) in [6, 6.07) is 6.34. The number of thiocarbonyl (C=S) groups is 1. The molecule has 1 saturated heterocycles. The van der Waals surface area contributed by atoms with Crippen LogP contribution in [0.4, 0.5) is 5.69 Å². The minimum atomic E-state index is 0.177. The maximum absolute atomic E-state index is 5.29. The van der Waals surface area contributed by atoms with E-state index in [1.807, 2.05) is 0 Å². The van der Waals surface area contributed by atoms with Crippen molar-refractivity contribution >= 4 is 29.2 Å². The van der Waals surface area contributed by atoms with Crippen molar-refractivity contribution < 1.29 is 0 Å². The van der Waals surface area contributed by atoms with Gasteiger partial charge in [-0.25, -0.2) is 0 Å². The number of rotatable bonds is 3. The number of hydrogen-bond acceptors (Lipinski definition) is 3. The summed E-state index contributed by atoms with van der Waals surface area (Å²) in [5, 5.41) is 4.13. The minimum absolute atomic E-state index is 0.177. The Hall–Kier alpha value is -1.62. The van der Waals surface area contributed by atoms with E-state index in [1.165, 1.54) is 24.1 Å². The molecule has 96 valence electrons. The van der Waals surface area contributed by atoms with Crippen molar-refractivity contribution in [3.8, 4) is 0 Å². The Morgan fingerprint density at radius 3 is 2.78 bits per heavy atom. The van der Waals surface area contributed by atoms with E-state index in [1.54, 1.807) is 6.21 Å². The SMILES string of the molecule is Cc1cc(/C=N/NC(N)=S)ccc1N1CCCC1. The predicted molar refractivity (Wildman–Crippen MR) is 80.1 cm³/mol. The quantitative estimate of drug-likeness (QED) is 0.495. The second-order valence-electron chi connectivity index (χ2n) is 4.47. The minimum Gasteiger partial charge on any atom is -0.375 e. The molecule has 0 atom stereocenters. The molecule has 0 bridgehead atoms. The van der Waals surface area contributed by atoms with Gasteiger partial charge in [0.2, 0.25) is 0 Å². The molecule has 1 aliphatic rings. The van der Waals surface area contributed by atoms with Crippen LogP contribution in [0.3, 0.4) is 0 Å². The Labute approximate surface area is 113 Å². The molecule has 4 nitrogen and oxygen atoms in total. The molecule has 0 aliphatic carbocycles. The standard InChI is InChI=1S/C13H18N4S/c1-10-8-11(9-15-16-13(14)18)4-5-12(10)17-6-2-3-7-17/h4-5,8-9H,2-3,6-7H2,1H3,(H3,14,16,18)/b15-9+. The van der Waals surface area contributed by atoms with Gasteiger partial charge in [0.15, 0.2) is 5.11 Å². The molecule has 0 amide bonds. The number of benzene rings is 1. The lowest BCUT2D eigenvalue weighted by Gasteiger charge is -2.20. The van der Waals surface area contributed by atoms with Crippen molar-refractivity contribution in [3.63, 3.8) is 0 Å². The maximum Gasteiger partial charge on any atom is 0.184 e. The first-order chi connectivity index (χ1) is 8.66. The molecule has 0 aromatic heterocycles. The van der Waals surface area contributed by atoms with Crippen LogP contribution in [0.15, 0.2) is 23.3 Å². The summed E-state index contributed by atoms with van der Waals surface area (Å²) in [6.45, 7) is 4.46. The summed E-state index contributed by atoms with van der Waals surface area (Å²) in [4.78, 5) is 2.43. The van der Waals surface area contributed by atoms with E-state index in [0.717, 1.165) is 18.7 Å². The molecular formula is C13H18N4S. The molecule has 1 aromatic carbocycles. The molecular weight excluding hydrogens is 244 g/mol. The number of nitrogens with one attached hydrogen (secondary N) is 1. The first-order valence-corrected chi connectivity index (χ1v) is 6.52. The highest BCUT2D eigenvalue weighted by Crippen LogP contribution is 2.24. The van der Waals surface area contributed by atoms with Crippen LogP contribution in [0.5, 0.6) is 0 Å². The third-order valence-corrected chi connectivity index (χ3v) is 3.15. The second-order valence-corrected chi connectivity index (χ2v) is 4.91. The van der Waals surface area contributed by atoms with Gasteiger partial charge in [-0.1, -0.05) is 6.07 Å². The molecule has 1 aromatic rings. The zero-order valence-electron chi connectivity index (χ0n) is 10.5. The smallest absolute Gasteiger partial charge is 0.184 e. The van der Waals surface area contributed by atoms with Gasteiger partial charge in [0.1, 0.15) is 0 Å². The Kier molecular flexibility index (Phi) is 4.15. The Balaban J connectivity index is 2.09. The van der Waals surface area contributed by atoms with Crippen molar-refractivity contribution in [2.45, 2.75) is 19.8 Å². The molecule has 0 spiro atoms. The van der Waals surface area contributed by atoms with E-state index >= 15 is 0 Å². The molecule has 18 heavy (non-hydrogen) atoms. The molecule has 0 saturated carbocycles. The number of hydrogen-bond donors (Lipinski definition) is 2. The third kappa shape index (κ3) is 3.20. The van der Waals surface area contributed by atoms with Gasteiger partial charge in [0.25, 0.3) is 0 Å². The van der Waals surface area contributed by atoms with E-state index in [2.05, 4.69) is 52.8 Å². The Morgan fingerprint density at radius 1 is 1.44 bits per heavy atom. The van der Waals surface area contributed by atoms with Crippen LogP contribution in [0.1, 0.15) is 24.0 Å². The first-order valence-electron chi connectivity index (χ1n) is 6.11. The topological polar surface area (TPSA) is 53.6 Å². The van der Waals surface area contributed by atoms with Gasteiger partial charge in [0, 0.05) is 18.8 Å². The summed E-state index contributed by atoms with van der Waals surface area (Å²) < 4.78 is 0. The third-order valence-electron chi connectivity index (χ3n) is 3.06. The lowest BCUT2D eigenvalue weighted by atomic mass is 10.1. The lowest BCUT2D eigenvalue weighted by Crippen LogP contribution is -2.24. The van der Waals surface area contributed by atoms with Gasteiger partial charge < -0.3 is 10.6 Å². The number of anilines is 1. The van der Waals surface area contributed by atoms with Gasteiger partial charge in [-0.15, -0.1) is 0 Å². The second kappa shape index (κ2) is 5.82. The maximum atomic E-state index is 5.29. The lowest BCUT2D eigenvalue weighted by molar-refractivity contribution is 0.949. The van der Waals surface area contributed by atoms with Crippen LogP contribution in [0, 0.1) is 6.92 Å². The van der Waals surface area contributed by atoms with Gasteiger partial charge in [0.05, 0.1) is 6.21 Å². The van der Waals surface area contributed by atoms with Gasteiger partial charge in [-0.3, -0.25) is 5.43 Å². The normalized spacial score (nSPS) is 15.3. The summed E-state index contributed by atoms with van der Waals surface area (Å²) in [5.41, 5.74) is 11.5. The molecule has 3 N–H and O–H groups in total. The average Bonchev–Trinajstić information content (AvgIpc) is 2.82. The fourth-order valence-electron chi connectivity index (χ4n) is 2.24. The van der Waals surface area contributed by atoms with Crippen LogP contribution >= 0.6 is 12.2 Å². The van der Waals surface area contributed by atoms with E-state index in [9.17, 15) is 0 Å². The average molecular weight is 262 g/mol. The molecule has 1 fully saturated rings. The Morgan fingerprint density at radius 2 is 2.17 bits per heavy atom. The summed E-state index contributed by atoms with van der Waals surface area (Å²) >= 11 is 4.68. The van der Waals surface area contributed by atoms with Crippen molar-refractivity contribution in [2.75, 3.05) is 18.0 Å². The van der Waals surface area contributed by atoms with Crippen molar-refractivity contribution in [1.82, 2.24) is 5.43 Å².